The molecule has 2 heterocycles. The Morgan fingerprint density at radius 2 is 1.81 bits per heavy atom. The number of sulfonamides is 1. The third-order valence-corrected chi connectivity index (χ3v) is 5.22. The monoisotopic (exact) mass is 385 g/mol. The molecule has 3 aromatic rings. The van der Waals surface area contributed by atoms with E-state index in [2.05, 4.69) is 15.0 Å². The molecule has 2 N–H and O–H groups in total. The van der Waals surface area contributed by atoms with Gasteiger partial charge < -0.3 is 9.73 Å². The summed E-state index contributed by atoms with van der Waals surface area (Å²) in [6.07, 6.45) is 5.15. The van der Waals surface area contributed by atoms with Crippen LogP contribution in [0.4, 0.5) is 5.69 Å². The van der Waals surface area contributed by atoms with Crippen molar-refractivity contribution in [3.63, 3.8) is 0 Å². The Morgan fingerprint density at radius 1 is 1.11 bits per heavy atom. The van der Waals surface area contributed by atoms with Crippen molar-refractivity contribution in [2.75, 3.05) is 4.72 Å². The summed E-state index contributed by atoms with van der Waals surface area (Å²) in [5, 5.41) is 2.86. The zero-order valence-electron chi connectivity index (χ0n) is 14.6. The standard InChI is InChI=1S/C19H19N3O4S/c1-14(13-17-3-2-12-26-17)21-19(23)15-4-6-18(7-5-15)27(24,25)22-16-8-10-20-11-9-16/h2-12,14H,13H2,1H3,(H,20,22)(H,21,23). The number of pyridine rings is 1. The third-order valence-electron chi connectivity index (χ3n) is 3.82. The molecule has 0 radical (unpaired) electrons. The molecule has 0 aliphatic carbocycles. The molecule has 0 fully saturated rings. The van der Waals surface area contributed by atoms with Crippen LogP contribution in [-0.4, -0.2) is 25.4 Å². The molecule has 0 aliphatic rings. The first-order valence-electron chi connectivity index (χ1n) is 8.30. The van der Waals surface area contributed by atoms with Crippen LogP contribution < -0.4 is 10.0 Å². The van der Waals surface area contributed by atoms with E-state index < -0.39 is 10.0 Å². The molecule has 1 atom stereocenters. The van der Waals surface area contributed by atoms with Crippen molar-refractivity contribution in [3.8, 4) is 0 Å². The predicted octanol–water partition coefficient (Wildman–Crippen LogP) is 2.84. The average molecular weight is 385 g/mol. The van der Waals surface area contributed by atoms with E-state index in [0.29, 0.717) is 17.7 Å². The van der Waals surface area contributed by atoms with E-state index in [1.807, 2.05) is 13.0 Å². The molecule has 3 rings (SSSR count). The highest BCUT2D eigenvalue weighted by molar-refractivity contribution is 7.92. The minimum absolute atomic E-state index is 0.0690. The zero-order chi connectivity index (χ0) is 19.3. The van der Waals surface area contributed by atoms with Gasteiger partial charge in [-0.3, -0.25) is 14.5 Å². The number of anilines is 1. The van der Waals surface area contributed by atoms with Gasteiger partial charge in [0.15, 0.2) is 0 Å². The van der Waals surface area contributed by atoms with Gasteiger partial charge in [-0.25, -0.2) is 8.42 Å². The Bertz CT molecular complexity index is 985. The molecular weight excluding hydrogens is 366 g/mol. The summed E-state index contributed by atoms with van der Waals surface area (Å²) in [4.78, 5) is 16.2. The van der Waals surface area contributed by atoms with Crippen LogP contribution in [0, 0.1) is 0 Å². The fourth-order valence-corrected chi connectivity index (χ4v) is 3.57. The second-order valence-electron chi connectivity index (χ2n) is 6.02. The SMILES string of the molecule is CC(Cc1ccco1)NC(=O)c1ccc(S(=O)(=O)Nc2ccncc2)cc1. The molecule has 0 saturated heterocycles. The molecule has 140 valence electrons. The van der Waals surface area contributed by atoms with Crippen molar-refractivity contribution < 1.29 is 17.6 Å². The van der Waals surface area contributed by atoms with Gasteiger partial charge in [-0.15, -0.1) is 0 Å². The van der Waals surface area contributed by atoms with Crippen LogP contribution in [0.15, 0.2) is 76.5 Å². The van der Waals surface area contributed by atoms with Gasteiger partial charge in [-0.05, 0) is 55.5 Å². The number of amides is 1. The summed E-state index contributed by atoms with van der Waals surface area (Å²) in [5.41, 5.74) is 0.794. The topological polar surface area (TPSA) is 101 Å². The normalized spacial score (nSPS) is 12.3. The molecule has 2 aromatic heterocycles. The van der Waals surface area contributed by atoms with Crippen LogP contribution in [0.25, 0.3) is 0 Å². The minimum Gasteiger partial charge on any atom is -0.469 e. The van der Waals surface area contributed by atoms with Gasteiger partial charge in [0.1, 0.15) is 5.76 Å². The number of aromatic nitrogens is 1. The number of carbonyl (C=O) groups excluding carboxylic acids is 1. The Kier molecular flexibility index (Phi) is 5.56. The molecule has 1 unspecified atom stereocenters. The van der Waals surface area contributed by atoms with Crippen LogP contribution in [0.1, 0.15) is 23.0 Å². The first-order valence-corrected chi connectivity index (χ1v) is 9.78. The fraction of sp³-hybridized carbons (Fsp3) is 0.158. The van der Waals surface area contributed by atoms with Gasteiger partial charge in [0.2, 0.25) is 0 Å². The van der Waals surface area contributed by atoms with E-state index in [1.165, 1.54) is 36.7 Å². The van der Waals surface area contributed by atoms with Gasteiger partial charge in [-0.2, -0.15) is 0 Å². The molecule has 1 aromatic carbocycles. The van der Waals surface area contributed by atoms with Crippen molar-refractivity contribution in [2.45, 2.75) is 24.3 Å². The smallest absolute Gasteiger partial charge is 0.261 e. The lowest BCUT2D eigenvalue weighted by molar-refractivity contribution is 0.0939. The van der Waals surface area contributed by atoms with Gasteiger partial charge in [-0.1, -0.05) is 0 Å². The summed E-state index contributed by atoms with van der Waals surface area (Å²) in [7, 11) is -3.74. The number of carbonyl (C=O) groups is 1. The Balaban J connectivity index is 1.64. The minimum atomic E-state index is -3.74. The first kappa shape index (κ1) is 18.7. The highest BCUT2D eigenvalue weighted by Gasteiger charge is 2.16. The zero-order valence-corrected chi connectivity index (χ0v) is 15.4. The number of nitrogens with zero attached hydrogens (tertiary/aromatic N) is 1. The Morgan fingerprint density at radius 3 is 2.44 bits per heavy atom. The van der Waals surface area contributed by atoms with Crippen LogP contribution in [0.5, 0.6) is 0 Å². The van der Waals surface area contributed by atoms with E-state index in [-0.39, 0.29) is 16.8 Å². The summed E-state index contributed by atoms with van der Waals surface area (Å²) < 4.78 is 32.5. The maximum absolute atomic E-state index is 12.4. The van der Waals surface area contributed by atoms with Gasteiger partial charge in [0.05, 0.1) is 16.8 Å². The lowest BCUT2D eigenvalue weighted by Gasteiger charge is -2.13. The maximum atomic E-state index is 12.4. The average Bonchev–Trinajstić information content (AvgIpc) is 3.15. The molecular formula is C19H19N3O4S. The fourth-order valence-electron chi connectivity index (χ4n) is 2.51. The number of nitrogens with one attached hydrogen (secondary N) is 2. The highest BCUT2D eigenvalue weighted by Crippen LogP contribution is 2.16. The third kappa shape index (κ3) is 4.95. The van der Waals surface area contributed by atoms with Crippen LogP contribution in [-0.2, 0) is 16.4 Å². The number of rotatable bonds is 7. The van der Waals surface area contributed by atoms with Gasteiger partial charge in [0, 0.05) is 30.4 Å². The second kappa shape index (κ2) is 8.05. The molecule has 0 bridgehead atoms. The quantitative estimate of drug-likeness (QED) is 0.651. The van der Waals surface area contributed by atoms with Crippen molar-refractivity contribution in [3.05, 3.63) is 78.5 Å². The van der Waals surface area contributed by atoms with E-state index in [1.54, 1.807) is 24.5 Å². The maximum Gasteiger partial charge on any atom is 0.261 e. The van der Waals surface area contributed by atoms with Crippen LogP contribution >= 0.6 is 0 Å². The van der Waals surface area contributed by atoms with E-state index >= 15 is 0 Å². The van der Waals surface area contributed by atoms with Crippen molar-refractivity contribution in [1.29, 1.82) is 0 Å². The Labute approximate surface area is 157 Å². The van der Waals surface area contributed by atoms with E-state index in [4.69, 9.17) is 4.42 Å². The van der Waals surface area contributed by atoms with Crippen molar-refractivity contribution in [1.82, 2.24) is 10.3 Å². The predicted molar refractivity (Wildman–Crippen MR) is 101 cm³/mol. The highest BCUT2D eigenvalue weighted by atomic mass is 32.2. The number of hydrogen-bond acceptors (Lipinski definition) is 5. The van der Waals surface area contributed by atoms with E-state index in [9.17, 15) is 13.2 Å². The summed E-state index contributed by atoms with van der Waals surface area (Å²) in [5.74, 6) is 0.506. The van der Waals surface area contributed by atoms with Crippen molar-refractivity contribution in [2.24, 2.45) is 0 Å². The van der Waals surface area contributed by atoms with Gasteiger partial charge >= 0.3 is 0 Å². The number of hydrogen-bond donors (Lipinski definition) is 2. The largest absolute Gasteiger partial charge is 0.469 e. The van der Waals surface area contributed by atoms with Crippen LogP contribution in [0.2, 0.25) is 0 Å². The molecule has 8 heteroatoms. The Hall–Kier alpha value is -3.13. The summed E-state index contributed by atoms with van der Waals surface area (Å²) in [6, 6.07) is 12.4. The van der Waals surface area contributed by atoms with E-state index in [0.717, 1.165) is 5.76 Å². The lowest BCUT2D eigenvalue weighted by Crippen LogP contribution is -2.34. The second-order valence-corrected chi connectivity index (χ2v) is 7.71. The van der Waals surface area contributed by atoms with Gasteiger partial charge in [0.25, 0.3) is 15.9 Å². The number of benzene rings is 1. The first-order chi connectivity index (χ1) is 12.9. The molecule has 0 spiro atoms. The molecule has 1 amide bonds. The summed E-state index contributed by atoms with van der Waals surface area (Å²) >= 11 is 0. The molecule has 7 nitrogen and oxygen atoms in total. The summed E-state index contributed by atoms with van der Waals surface area (Å²) in [6.45, 7) is 1.87. The lowest BCUT2D eigenvalue weighted by atomic mass is 10.1. The van der Waals surface area contributed by atoms with Crippen LogP contribution in [0.3, 0.4) is 0 Å². The molecule has 0 aliphatic heterocycles. The molecule has 0 saturated carbocycles. The molecule has 27 heavy (non-hydrogen) atoms. The number of furan rings is 1. The van der Waals surface area contributed by atoms with Crippen molar-refractivity contribution >= 4 is 21.6 Å².